The van der Waals surface area contributed by atoms with Gasteiger partial charge in [-0.15, -0.1) is 6.58 Å². The Morgan fingerprint density at radius 1 is 1.37 bits per heavy atom. The highest BCUT2D eigenvalue weighted by molar-refractivity contribution is 5.24. The third kappa shape index (κ3) is 3.78. The third-order valence-electron chi connectivity index (χ3n) is 3.40. The summed E-state index contributed by atoms with van der Waals surface area (Å²) in [6, 6.07) is 6.31. The van der Waals surface area contributed by atoms with Crippen molar-refractivity contribution in [3.63, 3.8) is 0 Å². The fraction of sp³-hybridized carbons (Fsp3) is 0.467. The Morgan fingerprint density at radius 3 is 2.84 bits per heavy atom. The van der Waals surface area contributed by atoms with Crippen LogP contribution in [-0.4, -0.2) is 41.8 Å². The molecule has 0 amide bonds. The van der Waals surface area contributed by atoms with Gasteiger partial charge in [0, 0.05) is 19.6 Å². The van der Waals surface area contributed by atoms with E-state index in [1.54, 1.807) is 18.2 Å². The van der Waals surface area contributed by atoms with Gasteiger partial charge in [-0.25, -0.2) is 4.39 Å². The maximum atomic E-state index is 13.5. The van der Waals surface area contributed by atoms with E-state index in [1.807, 2.05) is 6.08 Å². The number of ether oxygens (including phenoxy) is 1. The minimum Gasteiger partial charge on any atom is -0.485 e. The summed E-state index contributed by atoms with van der Waals surface area (Å²) in [4.78, 5) is 2.21. The van der Waals surface area contributed by atoms with Gasteiger partial charge in [0.15, 0.2) is 11.6 Å². The Morgan fingerprint density at radius 2 is 2.11 bits per heavy atom. The van der Waals surface area contributed by atoms with Crippen LogP contribution in [0, 0.1) is 5.82 Å². The van der Waals surface area contributed by atoms with Gasteiger partial charge in [-0.2, -0.15) is 0 Å². The molecule has 1 heterocycles. The molecule has 19 heavy (non-hydrogen) atoms. The third-order valence-corrected chi connectivity index (χ3v) is 3.40. The number of likely N-dealkylation sites (tertiary alicyclic amines) is 1. The number of hydrogen-bond donors (Lipinski definition) is 1. The normalized spacial score (nSPS) is 24.7. The smallest absolute Gasteiger partial charge is 0.165 e. The van der Waals surface area contributed by atoms with Crippen LogP contribution in [0.1, 0.15) is 12.8 Å². The van der Waals surface area contributed by atoms with E-state index in [0.29, 0.717) is 12.8 Å². The van der Waals surface area contributed by atoms with Crippen molar-refractivity contribution >= 4 is 0 Å². The zero-order chi connectivity index (χ0) is 13.7. The molecule has 3 nitrogen and oxygen atoms in total. The summed E-state index contributed by atoms with van der Waals surface area (Å²) in [5, 5.41) is 10.1. The summed E-state index contributed by atoms with van der Waals surface area (Å²) in [7, 11) is 0. The topological polar surface area (TPSA) is 32.7 Å². The molecule has 104 valence electrons. The van der Waals surface area contributed by atoms with Crippen molar-refractivity contribution in [2.24, 2.45) is 0 Å². The molecular formula is C15H20FNO2. The van der Waals surface area contributed by atoms with Crippen molar-refractivity contribution in [3.05, 3.63) is 42.7 Å². The lowest BCUT2D eigenvalue weighted by Gasteiger charge is -2.21. The summed E-state index contributed by atoms with van der Waals surface area (Å²) in [5.74, 6) is -0.175. The first kappa shape index (κ1) is 14.0. The molecule has 1 aromatic carbocycles. The molecule has 1 N–H and O–H groups in total. The fourth-order valence-corrected chi connectivity index (χ4v) is 2.32. The Labute approximate surface area is 113 Å². The fourth-order valence-electron chi connectivity index (χ4n) is 2.32. The molecule has 1 aliphatic heterocycles. The molecule has 0 bridgehead atoms. The molecule has 1 aliphatic rings. The monoisotopic (exact) mass is 265 g/mol. The van der Waals surface area contributed by atoms with Crippen molar-refractivity contribution in [1.82, 2.24) is 4.90 Å². The summed E-state index contributed by atoms with van der Waals surface area (Å²) in [6.07, 6.45) is 2.25. The van der Waals surface area contributed by atoms with Gasteiger partial charge in [0.25, 0.3) is 0 Å². The summed E-state index contributed by atoms with van der Waals surface area (Å²) >= 11 is 0. The molecule has 0 unspecified atom stereocenters. The van der Waals surface area contributed by atoms with Gasteiger partial charge in [0.2, 0.25) is 0 Å². The molecule has 1 aromatic rings. The Hall–Kier alpha value is -1.39. The second-order valence-electron chi connectivity index (χ2n) is 4.82. The number of hydrogen-bond acceptors (Lipinski definition) is 3. The maximum absolute atomic E-state index is 13.5. The molecule has 2 rings (SSSR count). The second kappa shape index (κ2) is 6.68. The number of aliphatic hydroxyl groups excluding tert-OH is 1. The van der Waals surface area contributed by atoms with Crippen LogP contribution in [0.5, 0.6) is 5.75 Å². The predicted octanol–water partition coefficient (Wildman–Crippen LogP) is 2.22. The molecule has 0 spiro atoms. The SMILES string of the molecule is C=CCN1CC[C@H](Oc2ccccc2F)[C@@H](O)CC1. The highest BCUT2D eigenvalue weighted by atomic mass is 19.1. The van der Waals surface area contributed by atoms with E-state index >= 15 is 0 Å². The van der Waals surface area contributed by atoms with Crippen molar-refractivity contribution in [2.45, 2.75) is 25.0 Å². The number of halogens is 1. The van der Waals surface area contributed by atoms with Gasteiger partial charge in [-0.05, 0) is 25.0 Å². The number of nitrogens with zero attached hydrogens (tertiary/aromatic N) is 1. The van der Waals surface area contributed by atoms with Gasteiger partial charge in [0.1, 0.15) is 6.10 Å². The van der Waals surface area contributed by atoms with Crippen LogP contribution < -0.4 is 4.74 Å². The number of rotatable bonds is 4. The highest BCUT2D eigenvalue weighted by Gasteiger charge is 2.26. The van der Waals surface area contributed by atoms with E-state index < -0.39 is 6.10 Å². The van der Waals surface area contributed by atoms with Gasteiger partial charge in [-0.3, -0.25) is 4.90 Å². The lowest BCUT2D eigenvalue weighted by Crippen LogP contribution is -2.31. The van der Waals surface area contributed by atoms with Gasteiger partial charge in [-0.1, -0.05) is 18.2 Å². The van der Waals surface area contributed by atoms with E-state index in [1.165, 1.54) is 6.07 Å². The molecule has 0 radical (unpaired) electrons. The van der Waals surface area contributed by atoms with Gasteiger partial charge >= 0.3 is 0 Å². The van der Waals surface area contributed by atoms with Crippen molar-refractivity contribution < 1.29 is 14.2 Å². The van der Waals surface area contributed by atoms with Gasteiger partial charge < -0.3 is 9.84 Å². The quantitative estimate of drug-likeness (QED) is 0.847. The van der Waals surface area contributed by atoms with E-state index in [0.717, 1.165) is 19.6 Å². The van der Waals surface area contributed by atoms with Crippen LogP contribution in [0.25, 0.3) is 0 Å². The molecule has 2 atom stereocenters. The number of para-hydroxylation sites is 1. The van der Waals surface area contributed by atoms with Crippen LogP contribution >= 0.6 is 0 Å². The van der Waals surface area contributed by atoms with Crippen LogP contribution in [0.2, 0.25) is 0 Å². The Balaban J connectivity index is 1.99. The summed E-state index contributed by atoms with van der Waals surface area (Å²) in [6.45, 7) is 6.15. The second-order valence-corrected chi connectivity index (χ2v) is 4.82. The zero-order valence-corrected chi connectivity index (χ0v) is 11.0. The largest absolute Gasteiger partial charge is 0.485 e. The predicted molar refractivity (Wildman–Crippen MR) is 72.7 cm³/mol. The van der Waals surface area contributed by atoms with Crippen LogP contribution in [-0.2, 0) is 0 Å². The van der Waals surface area contributed by atoms with E-state index in [4.69, 9.17) is 4.74 Å². The first-order valence-corrected chi connectivity index (χ1v) is 6.63. The average Bonchev–Trinajstić information content (AvgIpc) is 2.57. The summed E-state index contributed by atoms with van der Waals surface area (Å²) < 4.78 is 19.2. The summed E-state index contributed by atoms with van der Waals surface area (Å²) in [5.41, 5.74) is 0. The molecule has 1 fully saturated rings. The highest BCUT2D eigenvalue weighted by Crippen LogP contribution is 2.22. The standard InChI is InChI=1S/C15H20FNO2/c1-2-9-17-10-7-13(18)15(8-11-17)19-14-6-4-3-5-12(14)16/h2-6,13,15,18H,1,7-11H2/t13-,15-/m0/s1. The minimum absolute atomic E-state index is 0.212. The Kier molecular flexibility index (Phi) is 4.93. The van der Waals surface area contributed by atoms with Crippen LogP contribution in [0.4, 0.5) is 4.39 Å². The Bertz CT molecular complexity index is 424. The molecule has 4 heteroatoms. The van der Waals surface area contributed by atoms with E-state index in [2.05, 4.69) is 11.5 Å². The van der Waals surface area contributed by atoms with Crippen molar-refractivity contribution in [2.75, 3.05) is 19.6 Å². The molecule has 1 saturated heterocycles. The lowest BCUT2D eigenvalue weighted by atomic mass is 10.1. The molecule has 0 aliphatic carbocycles. The zero-order valence-electron chi connectivity index (χ0n) is 11.0. The maximum Gasteiger partial charge on any atom is 0.165 e. The van der Waals surface area contributed by atoms with Crippen molar-refractivity contribution in [1.29, 1.82) is 0 Å². The number of benzene rings is 1. The lowest BCUT2D eigenvalue weighted by molar-refractivity contribution is 0.0328. The molecular weight excluding hydrogens is 245 g/mol. The minimum atomic E-state index is -0.561. The van der Waals surface area contributed by atoms with E-state index in [9.17, 15) is 9.50 Å². The average molecular weight is 265 g/mol. The molecule has 0 aromatic heterocycles. The first-order valence-electron chi connectivity index (χ1n) is 6.63. The van der Waals surface area contributed by atoms with Crippen molar-refractivity contribution in [3.8, 4) is 5.75 Å². The van der Waals surface area contributed by atoms with E-state index in [-0.39, 0.29) is 17.7 Å². The van der Waals surface area contributed by atoms with Crippen LogP contribution in [0.15, 0.2) is 36.9 Å². The number of aliphatic hydroxyl groups is 1. The van der Waals surface area contributed by atoms with Gasteiger partial charge in [0.05, 0.1) is 6.10 Å². The first-order chi connectivity index (χ1) is 9.20. The molecule has 0 saturated carbocycles. The van der Waals surface area contributed by atoms with Crippen LogP contribution in [0.3, 0.4) is 0 Å².